The molecule has 0 saturated heterocycles. The molecule has 128 valence electrons. The van der Waals surface area contributed by atoms with Crippen LogP contribution in [0.4, 0.5) is 5.69 Å². The second kappa shape index (κ2) is 7.05. The number of nitrogens with two attached hydrogens (primary N) is 1. The van der Waals surface area contributed by atoms with E-state index in [2.05, 4.69) is 5.32 Å². The molecule has 24 heavy (non-hydrogen) atoms. The summed E-state index contributed by atoms with van der Waals surface area (Å²) in [6, 6.07) is 5.48. The number of hydrogen-bond acceptors (Lipinski definition) is 4. The SMILES string of the molecule is COCCn1cc(C(=O)NC2CCCC2)c(=O)c2c(N)cccc21. The zero-order valence-corrected chi connectivity index (χ0v) is 13.9. The Morgan fingerprint density at radius 1 is 1.38 bits per heavy atom. The highest BCUT2D eigenvalue weighted by atomic mass is 16.5. The van der Waals surface area contributed by atoms with Crippen molar-refractivity contribution in [3.05, 3.63) is 40.2 Å². The number of carbonyl (C=O) groups excluding carboxylic acids is 1. The maximum Gasteiger partial charge on any atom is 0.256 e. The highest BCUT2D eigenvalue weighted by molar-refractivity contribution is 6.00. The van der Waals surface area contributed by atoms with Crippen molar-refractivity contribution in [2.24, 2.45) is 0 Å². The molecule has 1 aliphatic carbocycles. The normalized spacial score (nSPS) is 15.0. The number of pyridine rings is 1. The third-order valence-corrected chi connectivity index (χ3v) is 4.61. The second-order valence-electron chi connectivity index (χ2n) is 6.25. The number of benzene rings is 1. The van der Waals surface area contributed by atoms with Crippen LogP contribution in [-0.4, -0.2) is 30.2 Å². The number of ether oxygens (including phenoxy) is 1. The highest BCUT2D eigenvalue weighted by Crippen LogP contribution is 2.20. The Morgan fingerprint density at radius 2 is 2.12 bits per heavy atom. The lowest BCUT2D eigenvalue weighted by Gasteiger charge is -2.16. The molecule has 0 radical (unpaired) electrons. The van der Waals surface area contributed by atoms with Crippen LogP contribution in [0.1, 0.15) is 36.0 Å². The van der Waals surface area contributed by atoms with E-state index in [1.807, 2.05) is 10.6 Å². The number of anilines is 1. The zero-order chi connectivity index (χ0) is 17.1. The third kappa shape index (κ3) is 3.14. The minimum Gasteiger partial charge on any atom is -0.398 e. The molecular weight excluding hydrogens is 306 g/mol. The lowest BCUT2D eigenvalue weighted by Crippen LogP contribution is -2.36. The molecule has 0 unspecified atom stereocenters. The summed E-state index contributed by atoms with van der Waals surface area (Å²) in [5.41, 5.74) is 6.95. The Kier molecular flexibility index (Phi) is 4.85. The van der Waals surface area contributed by atoms with Crippen LogP contribution in [0.15, 0.2) is 29.2 Å². The average molecular weight is 329 g/mol. The summed E-state index contributed by atoms with van der Waals surface area (Å²) >= 11 is 0. The van der Waals surface area contributed by atoms with Crippen LogP contribution in [-0.2, 0) is 11.3 Å². The van der Waals surface area contributed by atoms with Gasteiger partial charge in [0.05, 0.1) is 17.5 Å². The molecule has 0 spiro atoms. The molecule has 1 aliphatic rings. The van der Waals surface area contributed by atoms with Gasteiger partial charge in [-0.1, -0.05) is 18.9 Å². The Bertz CT molecular complexity index is 807. The fourth-order valence-electron chi connectivity index (χ4n) is 3.33. The van der Waals surface area contributed by atoms with Crippen molar-refractivity contribution in [2.75, 3.05) is 19.5 Å². The minimum absolute atomic E-state index is 0.142. The molecule has 3 rings (SSSR count). The van der Waals surface area contributed by atoms with Crippen molar-refractivity contribution in [1.82, 2.24) is 9.88 Å². The van der Waals surface area contributed by atoms with Crippen molar-refractivity contribution < 1.29 is 9.53 Å². The smallest absolute Gasteiger partial charge is 0.256 e. The summed E-state index contributed by atoms with van der Waals surface area (Å²) in [5.74, 6) is -0.316. The molecule has 1 amide bonds. The van der Waals surface area contributed by atoms with Gasteiger partial charge in [-0.05, 0) is 25.0 Å². The maximum absolute atomic E-state index is 12.8. The van der Waals surface area contributed by atoms with Crippen LogP contribution < -0.4 is 16.5 Å². The van der Waals surface area contributed by atoms with Crippen LogP contribution in [0, 0.1) is 0 Å². The Balaban J connectivity index is 2.06. The van der Waals surface area contributed by atoms with Crippen molar-refractivity contribution in [3.8, 4) is 0 Å². The van der Waals surface area contributed by atoms with E-state index in [0.717, 1.165) is 31.2 Å². The fraction of sp³-hybridized carbons (Fsp3) is 0.444. The van der Waals surface area contributed by atoms with Crippen molar-refractivity contribution in [1.29, 1.82) is 0 Å². The lowest BCUT2D eigenvalue weighted by molar-refractivity contribution is 0.0936. The quantitative estimate of drug-likeness (QED) is 0.820. The molecule has 0 atom stereocenters. The molecule has 6 heteroatoms. The molecule has 1 fully saturated rings. The molecule has 6 nitrogen and oxygen atoms in total. The average Bonchev–Trinajstić information content (AvgIpc) is 3.07. The van der Waals surface area contributed by atoms with E-state index in [1.165, 1.54) is 0 Å². The monoisotopic (exact) mass is 329 g/mol. The van der Waals surface area contributed by atoms with Gasteiger partial charge >= 0.3 is 0 Å². The number of nitrogens with one attached hydrogen (secondary N) is 1. The first kappa shape index (κ1) is 16.5. The molecule has 3 N–H and O–H groups in total. The molecular formula is C18H23N3O3. The largest absolute Gasteiger partial charge is 0.398 e. The molecule has 0 bridgehead atoms. The number of amides is 1. The fourth-order valence-corrected chi connectivity index (χ4v) is 3.33. The summed E-state index contributed by atoms with van der Waals surface area (Å²) in [6.07, 6.45) is 5.80. The van der Waals surface area contributed by atoms with E-state index < -0.39 is 0 Å². The molecule has 1 aromatic heterocycles. The van der Waals surface area contributed by atoms with Gasteiger partial charge in [0.25, 0.3) is 5.91 Å². The number of rotatable bonds is 5. The van der Waals surface area contributed by atoms with E-state index in [9.17, 15) is 9.59 Å². The molecule has 1 saturated carbocycles. The Labute approximate surface area is 140 Å². The molecule has 1 heterocycles. The van der Waals surface area contributed by atoms with E-state index in [-0.39, 0.29) is 22.9 Å². The van der Waals surface area contributed by atoms with Crippen LogP contribution in [0.2, 0.25) is 0 Å². The summed E-state index contributed by atoms with van der Waals surface area (Å²) in [5, 5.41) is 3.38. The first-order chi connectivity index (χ1) is 11.6. The van der Waals surface area contributed by atoms with Crippen molar-refractivity contribution in [3.63, 3.8) is 0 Å². The van der Waals surface area contributed by atoms with Gasteiger partial charge in [-0.15, -0.1) is 0 Å². The number of carbonyl (C=O) groups is 1. The highest BCUT2D eigenvalue weighted by Gasteiger charge is 2.21. The first-order valence-corrected chi connectivity index (χ1v) is 8.33. The standard InChI is InChI=1S/C18H23N3O3/c1-24-10-9-21-11-13(18(23)20-12-5-2-3-6-12)17(22)16-14(19)7-4-8-15(16)21/h4,7-8,11-12H,2-3,5-6,9-10,19H2,1H3,(H,20,23). The van der Waals surface area contributed by atoms with Crippen LogP contribution in [0.3, 0.4) is 0 Å². The topological polar surface area (TPSA) is 86.3 Å². The molecule has 1 aromatic carbocycles. The summed E-state index contributed by atoms with van der Waals surface area (Å²) in [4.78, 5) is 25.4. The van der Waals surface area contributed by atoms with Crippen LogP contribution in [0.5, 0.6) is 0 Å². The van der Waals surface area contributed by atoms with Gasteiger partial charge in [0.2, 0.25) is 5.43 Å². The predicted molar refractivity (Wildman–Crippen MR) is 94.2 cm³/mol. The zero-order valence-electron chi connectivity index (χ0n) is 13.9. The molecule has 2 aromatic rings. The third-order valence-electron chi connectivity index (χ3n) is 4.61. The van der Waals surface area contributed by atoms with E-state index >= 15 is 0 Å². The predicted octanol–water partition coefficient (Wildman–Crippen LogP) is 1.90. The van der Waals surface area contributed by atoms with Crippen molar-refractivity contribution in [2.45, 2.75) is 38.3 Å². The van der Waals surface area contributed by atoms with Crippen LogP contribution >= 0.6 is 0 Å². The summed E-state index contributed by atoms with van der Waals surface area (Å²) in [7, 11) is 1.62. The number of fused-ring (bicyclic) bond motifs is 1. The number of nitrogen functional groups attached to an aromatic ring is 1. The second-order valence-corrected chi connectivity index (χ2v) is 6.25. The Morgan fingerprint density at radius 3 is 2.83 bits per heavy atom. The first-order valence-electron chi connectivity index (χ1n) is 8.33. The van der Waals surface area contributed by atoms with Crippen LogP contribution in [0.25, 0.3) is 10.9 Å². The lowest BCUT2D eigenvalue weighted by atomic mass is 10.1. The van der Waals surface area contributed by atoms with E-state index in [1.54, 1.807) is 25.4 Å². The minimum atomic E-state index is -0.316. The van der Waals surface area contributed by atoms with Gasteiger partial charge in [-0.2, -0.15) is 0 Å². The Hall–Kier alpha value is -2.34. The van der Waals surface area contributed by atoms with Gasteiger partial charge in [-0.3, -0.25) is 9.59 Å². The summed E-state index contributed by atoms with van der Waals surface area (Å²) < 4.78 is 6.99. The van der Waals surface area contributed by atoms with E-state index in [4.69, 9.17) is 10.5 Å². The van der Waals surface area contributed by atoms with Crippen molar-refractivity contribution >= 4 is 22.5 Å². The number of nitrogens with zero attached hydrogens (tertiary/aromatic N) is 1. The van der Waals surface area contributed by atoms with Gasteiger partial charge in [0, 0.05) is 31.6 Å². The maximum atomic E-state index is 12.8. The molecule has 0 aliphatic heterocycles. The van der Waals surface area contributed by atoms with Gasteiger partial charge in [-0.25, -0.2) is 0 Å². The van der Waals surface area contributed by atoms with Gasteiger partial charge in [0.15, 0.2) is 0 Å². The van der Waals surface area contributed by atoms with Gasteiger partial charge < -0.3 is 20.4 Å². The van der Waals surface area contributed by atoms with E-state index in [0.29, 0.717) is 24.2 Å². The number of methoxy groups -OCH3 is 1. The number of aromatic nitrogens is 1. The summed E-state index contributed by atoms with van der Waals surface area (Å²) in [6.45, 7) is 1.02. The van der Waals surface area contributed by atoms with Gasteiger partial charge in [0.1, 0.15) is 5.56 Å². The number of hydrogen-bond donors (Lipinski definition) is 2.